The Morgan fingerprint density at radius 1 is 0.465 bits per heavy atom. The van der Waals surface area contributed by atoms with Crippen LogP contribution in [0.4, 0.5) is 0 Å². The molecule has 388 valence electrons. The van der Waals surface area contributed by atoms with E-state index in [4.69, 9.17) is 10.8 Å². The molecule has 0 radical (unpaired) electrons. The Morgan fingerprint density at radius 3 is 1.38 bits per heavy atom. The number of benzene rings is 2. The highest BCUT2D eigenvalue weighted by atomic mass is 16.4. The number of hydrogen-bond acceptors (Lipinski definition) is 14. The zero-order chi connectivity index (χ0) is 53.5. The molecule has 26 nitrogen and oxygen atoms in total. The van der Waals surface area contributed by atoms with Gasteiger partial charge in [0.25, 0.3) is 5.91 Å². The van der Waals surface area contributed by atoms with Gasteiger partial charge in [-0.05, 0) is 43.2 Å². The maximum atomic E-state index is 13.8. The summed E-state index contributed by atoms with van der Waals surface area (Å²) in [7, 11) is 0. The van der Waals surface area contributed by atoms with Gasteiger partial charge in [-0.15, -0.1) is 0 Å². The summed E-state index contributed by atoms with van der Waals surface area (Å²) < 4.78 is 0. The molecular weight excluding hydrogens is 941 g/mol. The first kappa shape index (κ1) is 59.1. The lowest BCUT2D eigenvalue weighted by atomic mass is 9.98. The number of hydrogen-bond donors (Lipinski definition) is 14. The molecule has 2 aromatic rings. The maximum Gasteiger partial charge on any atom is 0.326 e. The first-order chi connectivity index (χ1) is 33.3. The first-order valence-corrected chi connectivity index (χ1v) is 22.0. The minimum atomic E-state index is -2.34. The van der Waals surface area contributed by atoms with Crippen molar-refractivity contribution in [2.45, 2.75) is 127 Å². The number of carbonyl (C=O) groups is 12. The van der Waals surface area contributed by atoms with Gasteiger partial charge in [-0.1, -0.05) is 74.5 Å². The SMILES string of the molecule is CC(C)[C@H](NC(=O)[C@@H](N)CCC(=O)O)C(=O)N[C@@H](CC(=O)O)C(=O)N[C@@H](Cc1ccccc1)[C@@H](O)C(=O)N[C@@H](CC(=O)O)C(=O)N[C@@H](C)C(=O)N[C@@H](CCC(=O)O)C(=O)N[C@@H](Cc1ccccc1)C(=O)O. The van der Waals surface area contributed by atoms with Crippen LogP contribution >= 0.6 is 0 Å². The van der Waals surface area contributed by atoms with E-state index in [1.54, 1.807) is 48.5 Å². The van der Waals surface area contributed by atoms with E-state index < -0.39 is 164 Å². The molecule has 2 aromatic carbocycles. The summed E-state index contributed by atoms with van der Waals surface area (Å²) in [4.78, 5) is 152. The van der Waals surface area contributed by atoms with Crippen molar-refractivity contribution >= 4 is 71.2 Å². The lowest BCUT2D eigenvalue weighted by Gasteiger charge is -2.29. The van der Waals surface area contributed by atoms with Crippen LogP contribution in [-0.2, 0) is 70.4 Å². The molecular formula is C45H60N8O18. The zero-order valence-corrected chi connectivity index (χ0v) is 38.9. The van der Waals surface area contributed by atoms with Gasteiger partial charge in [0.15, 0.2) is 6.10 Å². The molecule has 0 unspecified atom stereocenters. The normalized spacial score (nSPS) is 14.7. The van der Waals surface area contributed by atoms with E-state index in [0.29, 0.717) is 11.1 Å². The first-order valence-electron chi connectivity index (χ1n) is 22.0. The molecule has 0 heterocycles. The topological polar surface area (TPSA) is 436 Å². The predicted octanol–water partition coefficient (Wildman–Crippen LogP) is -3.01. The quantitative estimate of drug-likeness (QED) is 0.0358. The standard InChI is InChI=1S/C45H60N8O18/c1-22(2)36(53-39(64)26(46)14-16-32(54)55)43(68)50-30(21-35(60)61)42(67)49-28(18-24-10-6-4-7-11-24)37(62)44(69)51-29(20-34(58)59)41(66)47-23(3)38(63)48-27(15-17-33(56)57)40(65)52-31(45(70)71)19-25-12-8-5-9-13-25/h4-13,22-23,26-31,36-37,62H,14-21,46H2,1-3H3,(H,47,66)(H,48,63)(H,49,67)(H,50,68)(H,51,69)(H,52,65)(H,53,64)(H,54,55)(H,56,57)(H,58,59)(H,60,61)(H,70,71)/t23-,26-,27-,28-,29-,30-,31-,36-,37+/m0/s1. The summed E-state index contributed by atoms with van der Waals surface area (Å²) in [5.74, 6) is -16.2. The van der Waals surface area contributed by atoms with E-state index in [0.717, 1.165) is 6.92 Å². The summed E-state index contributed by atoms with van der Waals surface area (Å²) >= 11 is 0. The van der Waals surface area contributed by atoms with Crippen molar-refractivity contribution in [1.29, 1.82) is 0 Å². The van der Waals surface area contributed by atoms with Crippen LogP contribution in [0.2, 0.25) is 0 Å². The van der Waals surface area contributed by atoms with Crippen LogP contribution in [0.5, 0.6) is 0 Å². The molecule has 0 aliphatic carbocycles. The average Bonchev–Trinajstić information content (AvgIpc) is 3.29. The van der Waals surface area contributed by atoms with Crippen molar-refractivity contribution in [3.8, 4) is 0 Å². The second kappa shape index (κ2) is 29.1. The van der Waals surface area contributed by atoms with Crippen molar-refractivity contribution in [3.05, 3.63) is 71.8 Å². The van der Waals surface area contributed by atoms with Crippen LogP contribution in [0.15, 0.2) is 60.7 Å². The van der Waals surface area contributed by atoms with Crippen LogP contribution in [0.25, 0.3) is 0 Å². The molecule has 0 saturated heterocycles. The number of aliphatic carboxylic acids is 5. The molecule has 26 heteroatoms. The third-order valence-electron chi connectivity index (χ3n) is 10.5. The molecule has 2 rings (SSSR count). The Hall–Kier alpha value is -8.00. The van der Waals surface area contributed by atoms with Crippen LogP contribution < -0.4 is 43.0 Å². The van der Waals surface area contributed by atoms with Gasteiger partial charge in [-0.3, -0.25) is 52.7 Å². The smallest absolute Gasteiger partial charge is 0.326 e. The number of carboxylic acid groups (broad SMARTS) is 5. The van der Waals surface area contributed by atoms with Crippen LogP contribution in [0.1, 0.15) is 70.4 Å². The van der Waals surface area contributed by atoms with Crippen LogP contribution in [0, 0.1) is 5.92 Å². The number of nitrogens with two attached hydrogens (primary N) is 1. The van der Waals surface area contributed by atoms with Gasteiger partial charge < -0.3 is 73.6 Å². The molecule has 0 bridgehead atoms. The Morgan fingerprint density at radius 2 is 0.901 bits per heavy atom. The van der Waals surface area contributed by atoms with E-state index in [9.17, 15) is 83.1 Å². The summed E-state index contributed by atoms with van der Waals surface area (Å²) in [6.07, 6.45) is -7.06. The number of aliphatic hydroxyl groups is 1. The number of amides is 7. The fraction of sp³-hybridized carbons (Fsp3) is 0.467. The van der Waals surface area contributed by atoms with Crippen LogP contribution in [-0.4, -0.2) is 156 Å². The van der Waals surface area contributed by atoms with Gasteiger partial charge in [0.05, 0.1) is 24.9 Å². The largest absolute Gasteiger partial charge is 0.481 e. The van der Waals surface area contributed by atoms with Gasteiger partial charge in [0.2, 0.25) is 35.4 Å². The second-order valence-electron chi connectivity index (χ2n) is 16.6. The minimum absolute atomic E-state index is 0.180. The van der Waals surface area contributed by atoms with Gasteiger partial charge in [-0.25, -0.2) is 4.79 Å². The van der Waals surface area contributed by atoms with Gasteiger partial charge in [-0.2, -0.15) is 0 Å². The molecule has 0 aliphatic rings. The van der Waals surface area contributed by atoms with Crippen molar-refractivity contribution in [1.82, 2.24) is 37.2 Å². The number of rotatable bonds is 31. The van der Waals surface area contributed by atoms with E-state index >= 15 is 0 Å². The van der Waals surface area contributed by atoms with E-state index in [2.05, 4.69) is 31.9 Å². The van der Waals surface area contributed by atoms with E-state index in [1.807, 2.05) is 5.32 Å². The summed E-state index contributed by atoms with van der Waals surface area (Å²) in [6, 6.07) is 2.71. The highest BCUT2D eigenvalue weighted by Gasteiger charge is 2.37. The summed E-state index contributed by atoms with van der Waals surface area (Å²) in [5.41, 5.74) is 6.68. The molecule has 71 heavy (non-hydrogen) atoms. The molecule has 0 aliphatic heterocycles. The molecule has 0 fully saturated rings. The third kappa shape index (κ3) is 21.5. The predicted molar refractivity (Wildman–Crippen MR) is 244 cm³/mol. The van der Waals surface area contributed by atoms with Crippen molar-refractivity contribution < 1.29 is 88.2 Å². The Kier molecular flexibility index (Phi) is 24.3. The van der Waals surface area contributed by atoms with Gasteiger partial charge in [0, 0.05) is 19.3 Å². The number of nitrogens with one attached hydrogen (secondary N) is 7. The molecule has 0 spiro atoms. The van der Waals surface area contributed by atoms with Crippen molar-refractivity contribution in [2.24, 2.45) is 11.7 Å². The zero-order valence-electron chi connectivity index (χ0n) is 38.9. The highest BCUT2D eigenvalue weighted by molar-refractivity contribution is 5.98. The third-order valence-corrected chi connectivity index (χ3v) is 10.5. The number of carbonyl (C=O) groups excluding carboxylic acids is 7. The van der Waals surface area contributed by atoms with E-state index in [-0.39, 0.29) is 19.3 Å². The fourth-order valence-electron chi connectivity index (χ4n) is 6.60. The minimum Gasteiger partial charge on any atom is -0.481 e. The van der Waals surface area contributed by atoms with E-state index in [1.165, 1.54) is 26.0 Å². The fourth-order valence-corrected chi connectivity index (χ4v) is 6.60. The maximum absolute atomic E-state index is 13.8. The van der Waals surface area contributed by atoms with Gasteiger partial charge in [0.1, 0.15) is 36.3 Å². The Bertz CT molecular complexity index is 2230. The number of carboxylic acids is 5. The lowest BCUT2D eigenvalue weighted by Crippen LogP contribution is -2.61. The molecule has 7 amide bonds. The average molecular weight is 1000 g/mol. The number of aliphatic hydroxyl groups excluding tert-OH is 1. The van der Waals surface area contributed by atoms with Gasteiger partial charge >= 0.3 is 29.8 Å². The van der Waals surface area contributed by atoms with Crippen molar-refractivity contribution in [2.75, 3.05) is 0 Å². The molecule has 0 aromatic heterocycles. The Balaban J connectivity index is 2.32. The second-order valence-corrected chi connectivity index (χ2v) is 16.6. The molecule has 15 N–H and O–H groups in total. The molecule has 0 saturated carbocycles. The summed E-state index contributed by atoms with van der Waals surface area (Å²) in [6.45, 7) is 4.07. The van der Waals surface area contributed by atoms with Crippen LogP contribution in [0.3, 0.4) is 0 Å². The summed E-state index contributed by atoms with van der Waals surface area (Å²) in [5, 5.41) is 74.2. The van der Waals surface area contributed by atoms with Crippen molar-refractivity contribution in [3.63, 3.8) is 0 Å². The highest BCUT2D eigenvalue weighted by Crippen LogP contribution is 2.12. The monoisotopic (exact) mass is 1000 g/mol. The lowest BCUT2D eigenvalue weighted by molar-refractivity contribution is -0.143. The molecule has 9 atom stereocenters. The Labute approximate surface area is 405 Å².